The van der Waals surface area contributed by atoms with Gasteiger partial charge < -0.3 is 0 Å². The van der Waals surface area contributed by atoms with Gasteiger partial charge in [-0.15, -0.1) is 0 Å². The Morgan fingerprint density at radius 1 is 0.500 bits per heavy atom. The van der Waals surface area contributed by atoms with Crippen LogP contribution in [0.1, 0.15) is 105 Å². The van der Waals surface area contributed by atoms with Gasteiger partial charge in [-0.3, -0.25) is 27.1 Å². The number of rotatable bonds is 22. The van der Waals surface area contributed by atoms with Crippen LogP contribution in [0.3, 0.4) is 0 Å². The first-order valence-electron chi connectivity index (χ1n) is 13.5. The summed E-state index contributed by atoms with van der Waals surface area (Å²) in [6.45, 7) is 10.5. The van der Waals surface area contributed by atoms with Gasteiger partial charge in [-0.2, -0.15) is 0 Å². The molecule has 0 spiro atoms. The van der Waals surface area contributed by atoms with Crippen LogP contribution < -0.4 is 0 Å². The molecule has 0 aromatic heterocycles. The smallest absolute Gasteiger partial charge is 0.287 e. The molecule has 0 unspecified atom stereocenters. The maximum Gasteiger partial charge on any atom is 0.474 e. The molecule has 0 atom stereocenters. The predicted octanol–water partition coefficient (Wildman–Crippen LogP) is 8.31. The Morgan fingerprint density at radius 2 is 0.765 bits per heavy atom. The van der Waals surface area contributed by atoms with Crippen molar-refractivity contribution in [3.8, 4) is 0 Å². The van der Waals surface area contributed by atoms with Crippen molar-refractivity contribution < 1.29 is 36.3 Å². The van der Waals surface area contributed by atoms with Crippen molar-refractivity contribution in [3.63, 3.8) is 0 Å². The van der Waals surface area contributed by atoms with Gasteiger partial charge in [-0.1, -0.05) is 53.4 Å². The molecule has 0 aliphatic heterocycles. The second-order valence-electron chi connectivity index (χ2n) is 9.12. The third kappa shape index (κ3) is 14.7. The summed E-state index contributed by atoms with van der Waals surface area (Å²) in [4.78, 5) is 0. The molecule has 0 N–H and O–H groups in total. The first-order valence-corrected chi connectivity index (χ1v) is 16.4. The summed E-state index contributed by atoms with van der Waals surface area (Å²) in [5, 5.41) is 0. The van der Waals surface area contributed by atoms with Crippen LogP contribution in [-0.2, 0) is 36.3 Å². The number of hydrogen-bond donors (Lipinski definition) is 0. The zero-order chi connectivity index (χ0) is 25.1. The second-order valence-corrected chi connectivity index (χ2v) is 12.5. The molecule has 1 aliphatic carbocycles. The van der Waals surface area contributed by atoms with E-state index >= 15 is 0 Å². The van der Waals surface area contributed by atoms with Crippen molar-refractivity contribution in [1.82, 2.24) is 0 Å². The van der Waals surface area contributed by atoms with Gasteiger partial charge in [-0.05, 0) is 63.2 Å². The molecule has 1 aliphatic rings. The monoisotopic (exact) mass is 528 g/mol. The summed E-state index contributed by atoms with van der Waals surface area (Å²) in [6, 6.07) is 0. The largest absolute Gasteiger partial charge is 0.474 e. The third-order valence-corrected chi connectivity index (χ3v) is 8.82. The van der Waals surface area contributed by atoms with Crippen molar-refractivity contribution in [1.29, 1.82) is 0 Å². The van der Waals surface area contributed by atoms with Crippen LogP contribution in [0, 0.1) is 11.8 Å². The molecule has 204 valence electrons. The normalized spacial score (nSPS) is 19.5. The second kappa shape index (κ2) is 19.3. The summed E-state index contributed by atoms with van der Waals surface area (Å²) < 4.78 is 59.4. The highest BCUT2D eigenvalue weighted by Gasteiger charge is 2.32. The van der Waals surface area contributed by atoms with E-state index in [9.17, 15) is 9.13 Å². The molecule has 1 rings (SSSR count). The van der Waals surface area contributed by atoms with E-state index in [1.807, 2.05) is 0 Å². The zero-order valence-corrected chi connectivity index (χ0v) is 23.8. The first-order chi connectivity index (χ1) is 16.4. The van der Waals surface area contributed by atoms with Crippen LogP contribution in [0.5, 0.6) is 0 Å². The Kier molecular flexibility index (Phi) is 18.4. The van der Waals surface area contributed by atoms with Crippen molar-refractivity contribution in [2.75, 3.05) is 39.6 Å². The number of unbranched alkanes of at least 4 members (excludes halogenated alkanes) is 4. The van der Waals surface area contributed by atoms with Crippen LogP contribution in [-0.4, -0.2) is 39.6 Å². The molecule has 0 radical (unpaired) electrons. The Labute approximate surface area is 208 Å². The number of phosphoric ester groups is 2. The van der Waals surface area contributed by atoms with E-state index in [-0.39, 0.29) is 0 Å². The average molecular weight is 529 g/mol. The van der Waals surface area contributed by atoms with Gasteiger partial charge in [0.15, 0.2) is 0 Å². The summed E-state index contributed by atoms with van der Waals surface area (Å²) in [7, 11) is -7.03. The predicted molar refractivity (Wildman–Crippen MR) is 136 cm³/mol. The van der Waals surface area contributed by atoms with E-state index in [4.69, 9.17) is 27.1 Å². The van der Waals surface area contributed by atoms with Crippen molar-refractivity contribution in [2.24, 2.45) is 11.8 Å². The molecule has 34 heavy (non-hydrogen) atoms. The maximum absolute atomic E-state index is 13.0. The highest BCUT2D eigenvalue weighted by molar-refractivity contribution is 7.48. The molecule has 0 amide bonds. The van der Waals surface area contributed by atoms with Crippen molar-refractivity contribution in [2.45, 2.75) is 105 Å². The van der Waals surface area contributed by atoms with Gasteiger partial charge in [0.05, 0.1) is 39.6 Å². The van der Waals surface area contributed by atoms with Crippen LogP contribution in [0.4, 0.5) is 0 Å². The van der Waals surface area contributed by atoms with E-state index in [1.54, 1.807) is 0 Å². The molecule has 0 heterocycles. The molecule has 0 aromatic carbocycles. The molecule has 1 fully saturated rings. The van der Waals surface area contributed by atoms with E-state index in [0.29, 0.717) is 51.5 Å². The molecular formula is C24H50O8P2. The van der Waals surface area contributed by atoms with Crippen LogP contribution in [0.25, 0.3) is 0 Å². The summed E-state index contributed by atoms with van der Waals surface area (Å²) in [5.41, 5.74) is 0. The Bertz CT molecular complexity index is 503. The lowest BCUT2D eigenvalue weighted by Crippen LogP contribution is -2.22. The fraction of sp³-hybridized carbons (Fsp3) is 1.00. The summed E-state index contributed by atoms with van der Waals surface area (Å²) in [6.07, 6.45) is 10.8. The van der Waals surface area contributed by atoms with Crippen molar-refractivity contribution in [3.05, 3.63) is 0 Å². The summed E-state index contributed by atoms with van der Waals surface area (Å²) in [5.74, 6) is 0.588. The topological polar surface area (TPSA) is 89.5 Å². The fourth-order valence-corrected chi connectivity index (χ4v) is 6.11. The standard InChI is InChI=1S/C24H50O8P2/c1-5-9-17-27-33(25,28-18-10-6-2)31-21-23-13-15-24(16-14-23)22-32-34(26,29-19-11-7-3)30-20-12-8-4/h23-24H,5-22H2,1-4H3. The van der Waals surface area contributed by atoms with Gasteiger partial charge in [0, 0.05) is 0 Å². The Hall–Kier alpha value is 0.220. The molecule has 0 aromatic rings. The van der Waals surface area contributed by atoms with Crippen LogP contribution >= 0.6 is 15.6 Å². The van der Waals surface area contributed by atoms with E-state index in [2.05, 4.69) is 27.7 Å². The quantitative estimate of drug-likeness (QED) is 0.102. The number of phosphoric acid groups is 2. The highest BCUT2D eigenvalue weighted by atomic mass is 31.2. The maximum atomic E-state index is 13.0. The Balaban J connectivity index is 2.44. The number of hydrogen-bond acceptors (Lipinski definition) is 8. The molecule has 8 nitrogen and oxygen atoms in total. The van der Waals surface area contributed by atoms with Gasteiger partial charge in [-0.25, -0.2) is 9.13 Å². The van der Waals surface area contributed by atoms with Gasteiger partial charge in [0.2, 0.25) is 0 Å². The summed E-state index contributed by atoms with van der Waals surface area (Å²) >= 11 is 0. The van der Waals surface area contributed by atoms with Gasteiger partial charge >= 0.3 is 15.6 Å². The van der Waals surface area contributed by atoms with Crippen molar-refractivity contribution >= 4 is 15.6 Å². The molecule has 0 saturated heterocycles. The molecular weight excluding hydrogens is 478 g/mol. The van der Waals surface area contributed by atoms with E-state index in [0.717, 1.165) is 77.0 Å². The van der Waals surface area contributed by atoms with Gasteiger partial charge in [0.25, 0.3) is 0 Å². The van der Waals surface area contributed by atoms with Crippen LogP contribution in [0.15, 0.2) is 0 Å². The molecule has 1 saturated carbocycles. The average Bonchev–Trinajstić information content (AvgIpc) is 2.83. The van der Waals surface area contributed by atoms with Gasteiger partial charge in [0.1, 0.15) is 0 Å². The first kappa shape index (κ1) is 32.2. The molecule has 10 heteroatoms. The highest BCUT2D eigenvalue weighted by Crippen LogP contribution is 2.52. The van der Waals surface area contributed by atoms with E-state index < -0.39 is 15.6 Å². The van der Waals surface area contributed by atoms with E-state index in [1.165, 1.54) is 0 Å². The minimum absolute atomic E-state index is 0.294. The SMILES string of the molecule is CCCCOP(=O)(OCCCC)OCC1CCC(COP(=O)(OCCCC)OCCCC)CC1. The third-order valence-electron chi connectivity index (χ3n) is 5.89. The minimum atomic E-state index is -3.52. The Morgan fingerprint density at radius 3 is 1.00 bits per heavy atom. The fourth-order valence-electron chi connectivity index (χ4n) is 3.46. The zero-order valence-electron chi connectivity index (χ0n) is 22.0. The molecule has 0 bridgehead atoms. The lowest BCUT2D eigenvalue weighted by Gasteiger charge is -2.29. The van der Waals surface area contributed by atoms with Crippen LogP contribution in [0.2, 0.25) is 0 Å². The minimum Gasteiger partial charge on any atom is -0.287 e. The lowest BCUT2D eigenvalue weighted by atomic mass is 9.83. The lowest BCUT2D eigenvalue weighted by molar-refractivity contribution is 0.0699.